The summed E-state index contributed by atoms with van der Waals surface area (Å²) in [4.78, 5) is 24.8. The van der Waals surface area contributed by atoms with Crippen LogP contribution < -0.4 is 4.90 Å². The van der Waals surface area contributed by atoms with Gasteiger partial charge in [-0.3, -0.25) is 14.7 Å². The molecule has 1 aliphatic heterocycles. The number of aromatic nitrogens is 3. The lowest BCUT2D eigenvalue weighted by Crippen LogP contribution is -2.28. The summed E-state index contributed by atoms with van der Waals surface area (Å²) in [6.07, 6.45) is 3.98. The molecule has 2 aromatic heterocycles. The van der Waals surface area contributed by atoms with Gasteiger partial charge in [0.25, 0.3) is 0 Å². The van der Waals surface area contributed by atoms with E-state index in [9.17, 15) is 4.79 Å². The zero-order valence-electron chi connectivity index (χ0n) is 15.2. The zero-order valence-corrected chi connectivity index (χ0v) is 15.2. The van der Waals surface area contributed by atoms with Crippen LogP contribution in [-0.2, 0) is 11.3 Å². The topological polar surface area (TPSA) is 75.4 Å². The average Bonchev–Trinajstić information content (AvgIpc) is 3.29. The highest BCUT2D eigenvalue weighted by Crippen LogP contribution is 2.25. The Morgan fingerprint density at radius 1 is 1.22 bits per heavy atom. The van der Waals surface area contributed by atoms with Gasteiger partial charge in [0.2, 0.25) is 17.6 Å². The van der Waals surface area contributed by atoms with Crippen LogP contribution in [0.5, 0.6) is 0 Å². The molecule has 0 saturated carbocycles. The zero-order chi connectivity index (χ0) is 18.6. The number of anilines is 1. The number of nitrogens with zero attached hydrogens (tertiary/aromatic N) is 5. The molecule has 0 N–H and O–H groups in total. The predicted octanol–water partition coefficient (Wildman–Crippen LogP) is 2.62. The summed E-state index contributed by atoms with van der Waals surface area (Å²) in [6, 6.07) is 13.6. The lowest BCUT2D eigenvalue weighted by Gasteiger charge is -2.20. The van der Waals surface area contributed by atoms with Gasteiger partial charge in [0.15, 0.2) is 0 Å². The van der Waals surface area contributed by atoms with E-state index in [1.807, 2.05) is 54.4 Å². The van der Waals surface area contributed by atoms with Gasteiger partial charge in [-0.05, 0) is 37.2 Å². The maximum Gasteiger partial charge on any atom is 0.241 e. The van der Waals surface area contributed by atoms with E-state index in [4.69, 9.17) is 4.52 Å². The second-order valence-electron chi connectivity index (χ2n) is 6.86. The Bertz CT molecular complexity index is 897. The van der Waals surface area contributed by atoms with Crippen molar-refractivity contribution in [2.45, 2.75) is 13.0 Å². The van der Waals surface area contributed by atoms with Crippen LogP contribution in [0.15, 0.2) is 59.4 Å². The SMILES string of the molecule is CN(Cc1nc(-c2cccnc2)no1)C[C@H]1CC(=O)N(c2ccccc2)C1. The Hall–Kier alpha value is -3.06. The smallest absolute Gasteiger partial charge is 0.241 e. The average molecular weight is 363 g/mol. The second-order valence-corrected chi connectivity index (χ2v) is 6.86. The van der Waals surface area contributed by atoms with Crippen molar-refractivity contribution in [2.24, 2.45) is 5.92 Å². The molecule has 3 heterocycles. The summed E-state index contributed by atoms with van der Waals surface area (Å²) in [6.45, 7) is 2.07. The van der Waals surface area contributed by atoms with Crippen molar-refractivity contribution in [3.05, 3.63) is 60.7 Å². The summed E-state index contributed by atoms with van der Waals surface area (Å²) in [5.41, 5.74) is 1.79. The molecule has 27 heavy (non-hydrogen) atoms. The molecule has 1 saturated heterocycles. The molecular formula is C20H21N5O2. The Morgan fingerprint density at radius 3 is 2.85 bits per heavy atom. The second kappa shape index (κ2) is 7.67. The van der Waals surface area contributed by atoms with E-state index in [1.165, 1.54) is 0 Å². The molecule has 7 heteroatoms. The van der Waals surface area contributed by atoms with Crippen molar-refractivity contribution in [1.29, 1.82) is 0 Å². The number of carbonyl (C=O) groups excluding carboxylic acids is 1. The van der Waals surface area contributed by atoms with E-state index in [1.54, 1.807) is 12.4 Å². The van der Waals surface area contributed by atoms with Crippen LogP contribution in [0.1, 0.15) is 12.3 Å². The molecule has 3 aromatic rings. The van der Waals surface area contributed by atoms with Gasteiger partial charge in [-0.15, -0.1) is 0 Å². The molecule has 4 rings (SSSR count). The third-order valence-electron chi connectivity index (χ3n) is 4.64. The van der Waals surface area contributed by atoms with Crippen LogP contribution in [0, 0.1) is 5.92 Å². The first-order chi connectivity index (χ1) is 13.2. The summed E-state index contributed by atoms with van der Waals surface area (Å²) in [5.74, 6) is 1.55. The minimum Gasteiger partial charge on any atom is -0.338 e. The Kier molecular flexibility index (Phi) is 4.93. The number of hydrogen-bond acceptors (Lipinski definition) is 6. The number of rotatable bonds is 6. The van der Waals surface area contributed by atoms with Crippen LogP contribution in [0.4, 0.5) is 5.69 Å². The molecule has 1 amide bonds. The molecule has 1 aliphatic rings. The van der Waals surface area contributed by atoms with Gasteiger partial charge in [-0.2, -0.15) is 4.98 Å². The molecule has 0 radical (unpaired) electrons. The monoisotopic (exact) mass is 363 g/mol. The Morgan fingerprint density at radius 2 is 2.07 bits per heavy atom. The van der Waals surface area contributed by atoms with Crippen LogP contribution >= 0.6 is 0 Å². The number of benzene rings is 1. The van der Waals surface area contributed by atoms with Gasteiger partial charge in [0, 0.05) is 43.2 Å². The maximum absolute atomic E-state index is 12.3. The lowest BCUT2D eigenvalue weighted by molar-refractivity contribution is -0.117. The van der Waals surface area contributed by atoms with E-state index in [2.05, 4.69) is 20.0 Å². The molecule has 0 aliphatic carbocycles. The first-order valence-corrected chi connectivity index (χ1v) is 8.96. The molecule has 0 bridgehead atoms. The number of pyridine rings is 1. The van der Waals surface area contributed by atoms with Crippen molar-refractivity contribution in [3.8, 4) is 11.4 Å². The van der Waals surface area contributed by atoms with Gasteiger partial charge >= 0.3 is 0 Å². The standard InChI is InChI=1S/C20H21N5O2/c1-24(14-18-22-20(23-27-18)16-6-5-9-21-11-16)12-15-10-19(26)25(13-15)17-7-3-2-4-8-17/h2-9,11,15H,10,12-14H2,1H3/t15-/m1/s1. The summed E-state index contributed by atoms with van der Waals surface area (Å²) < 4.78 is 5.36. The number of carbonyl (C=O) groups is 1. The summed E-state index contributed by atoms with van der Waals surface area (Å²) >= 11 is 0. The van der Waals surface area contributed by atoms with E-state index in [0.717, 1.165) is 24.3 Å². The first kappa shape index (κ1) is 17.4. The van der Waals surface area contributed by atoms with Crippen molar-refractivity contribution in [1.82, 2.24) is 20.0 Å². The fraction of sp³-hybridized carbons (Fsp3) is 0.300. The van der Waals surface area contributed by atoms with Gasteiger partial charge in [-0.1, -0.05) is 23.4 Å². The molecule has 1 fully saturated rings. The Balaban J connectivity index is 1.34. The number of amides is 1. The maximum atomic E-state index is 12.3. The number of hydrogen-bond donors (Lipinski definition) is 0. The predicted molar refractivity (Wildman–Crippen MR) is 101 cm³/mol. The fourth-order valence-corrected chi connectivity index (χ4v) is 3.43. The molecule has 138 valence electrons. The third-order valence-corrected chi connectivity index (χ3v) is 4.64. The quantitative estimate of drug-likeness (QED) is 0.670. The van der Waals surface area contributed by atoms with E-state index in [0.29, 0.717) is 24.7 Å². The normalized spacial score (nSPS) is 17.0. The lowest BCUT2D eigenvalue weighted by atomic mass is 10.1. The van der Waals surface area contributed by atoms with Gasteiger partial charge in [0.1, 0.15) is 0 Å². The van der Waals surface area contributed by atoms with Crippen molar-refractivity contribution in [2.75, 3.05) is 25.0 Å². The molecule has 1 aromatic carbocycles. The highest BCUT2D eigenvalue weighted by Gasteiger charge is 2.31. The molecular weight excluding hydrogens is 342 g/mol. The van der Waals surface area contributed by atoms with Gasteiger partial charge < -0.3 is 9.42 Å². The van der Waals surface area contributed by atoms with Crippen molar-refractivity contribution >= 4 is 11.6 Å². The van der Waals surface area contributed by atoms with Crippen molar-refractivity contribution < 1.29 is 9.32 Å². The third kappa shape index (κ3) is 4.03. The van der Waals surface area contributed by atoms with Gasteiger partial charge in [0.05, 0.1) is 6.54 Å². The largest absolute Gasteiger partial charge is 0.338 e. The van der Waals surface area contributed by atoms with Crippen LogP contribution in [0.2, 0.25) is 0 Å². The van der Waals surface area contributed by atoms with Crippen LogP contribution in [-0.4, -0.2) is 46.1 Å². The molecule has 7 nitrogen and oxygen atoms in total. The van der Waals surface area contributed by atoms with E-state index < -0.39 is 0 Å². The fourth-order valence-electron chi connectivity index (χ4n) is 3.43. The van der Waals surface area contributed by atoms with Crippen molar-refractivity contribution in [3.63, 3.8) is 0 Å². The first-order valence-electron chi connectivity index (χ1n) is 8.96. The van der Waals surface area contributed by atoms with E-state index >= 15 is 0 Å². The summed E-state index contributed by atoms with van der Waals surface area (Å²) in [7, 11) is 2.00. The molecule has 1 atom stereocenters. The van der Waals surface area contributed by atoms with Crippen LogP contribution in [0.3, 0.4) is 0 Å². The molecule has 0 spiro atoms. The minimum absolute atomic E-state index is 0.177. The highest BCUT2D eigenvalue weighted by molar-refractivity contribution is 5.95. The number of para-hydroxylation sites is 1. The summed E-state index contributed by atoms with van der Waals surface area (Å²) in [5, 5.41) is 4.02. The Labute approximate surface area is 157 Å². The van der Waals surface area contributed by atoms with Crippen LogP contribution in [0.25, 0.3) is 11.4 Å². The highest BCUT2D eigenvalue weighted by atomic mass is 16.5. The van der Waals surface area contributed by atoms with E-state index in [-0.39, 0.29) is 11.8 Å². The van der Waals surface area contributed by atoms with Gasteiger partial charge in [-0.25, -0.2) is 0 Å². The molecule has 0 unspecified atom stereocenters. The minimum atomic E-state index is 0.177.